The van der Waals surface area contributed by atoms with Crippen LogP contribution in [-0.2, 0) is 9.59 Å². The summed E-state index contributed by atoms with van der Waals surface area (Å²) in [6.07, 6.45) is 5.39. The van der Waals surface area contributed by atoms with Gasteiger partial charge in [-0.2, -0.15) is 0 Å². The van der Waals surface area contributed by atoms with Gasteiger partial charge in [-0.25, -0.2) is 0 Å². The number of nitrogens with zero attached hydrogens (tertiary/aromatic N) is 7. The fourth-order valence-corrected chi connectivity index (χ4v) is 7.18. The third kappa shape index (κ3) is 7.73. The standard InChI is InChI=1S/C29H46N10O2S/c1-19(2)37-14-16-38(17-15-37)25(21-8-11-29(4,5)12-9-21)26(41)32-28-36-35-27(42-28)31-22-10-13-39(18-22)24-7-6-23(33-34-24)30-20(3)40/h6-7,19,21-22,25H,8-18H2,1-5H3,(H,31,35)(H,30,33,40)(H,32,36,41)/t22?,25-/m1/s1. The first-order valence-corrected chi connectivity index (χ1v) is 16.1. The molecule has 13 heteroatoms. The van der Waals surface area contributed by atoms with E-state index >= 15 is 0 Å². The molecule has 3 aliphatic rings. The maximum Gasteiger partial charge on any atom is 0.243 e. The molecular weight excluding hydrogens is 552 g/mol. The summed E-state index contributed by atoms with van der Waals surface area (Å²) >= 11 is 1.39. The highest BCUT2D eigenvalue weighted by atomic mass is 32.1. The summed E-state index contributed by atoms with van der Waals surface area (Å²) in [4.78, 5) is 32.1. The molecule has 0 aromatic carbocycles. The lowest BCUT2D eigenvalue weighted by Gasteiger charge is -2.45. The van der Waals surface area contributed by atoms with Gasteiger partial charge in [0.25, 0.3) is 0 Å². The highest BCUT2D eigenvalue weighted by Crippen LogP contribution is 2.40. The lowest BCUT2D eigenvalue weighted by atomic mass is 9.70. The van der Waals surface area contributed by atoms with E-state index in [1.54, 1.807) is 6.07 Å². The Morgan fingerprint density at radius 2 is 1.60 bits per heavy atom. The highest BCUT2D eigenvalue weighted by molar-refractivity contribution is 7.19. The van der Waals surface area contributed by atoms with E-state index in [1.165, 1.54) is 18.3 Å². The van der Waals surface area contributed by atoms with E-state index in [0.717, 1.165) is 77.2 Å². The number of hydrogen-bond acceptors (Lipinski definition) is 11. The maximum atomic E-state index is 13.8. The second kappa shape index (κ2) is 13.2. The normalized spacial score (nSPS) is 22.7. The molecule has 1 unspecified atom stereocenters. The molecule has 1 aliphatic carbocycles. The number of piperazine rings is 1. The number of rotatable bonds is 9. The van der Waals surface area contributed by atoms with Crippen molar-refractivity contribution in [3.63, 3.8) is 0 Å². The van der Waals surface area contributed by atoms with Crippen LogP contribution in [0.3, 0.4) is 0 Å². The minimum Gasteiger partial charge on any atom is -0.355 e. The highest BCUT2D eigenvalue weighted by Gasteiger charge is 2.39. The Morgan fingerprint density at radius 1 is 0.905 bits per heavy atom. The van der Waals surface area contributed by atoms with Crippen LogP contribution >= 0.6 is 11.3 Å². The van der Waals surface area contributed by atoms with Crippen molar-refractivity contribution in [2.45, 2.75) is 84.8 Å². The fraction of sp³-hybridized carbons (Fsp3) is 0.724. The minimum absolute atomic E-state index is 0.0497. The lowest BCUT2D eigenvalue weighted by molar-refractivity contribution is -0.125. The zero-order valence-corrected chi connectivity index (χ0v) is 26.4. The average molecular weight is 599 g/mol. The Kier molecular flexibility index (Phi) is 9.58. The van der Waals surface area contributed by atoms with Crippen molar-refractivity contribution in [3.05, 3.63) is 12.1 Å². The number of aromatic nitrogens is 4. The van der Waals surface area contributed by atoms with Gasteiger partial charge in [-0.3, -0.25) is 24.7 Å². The van der Waals surface area contributed by atoms with Gasteiger partial charge < -0.3 is 15.5 Å². The van der Waals surface area contributed by atoms with Crippen molar-refractivity contribution in [1.82, 2.24) is 30.2 Å². The first kappa shape index (κ1) is 30.6. The van der Waals surface area contributed by atoms with Gasteiger partial charge in [-0.15, -0.1) is 20.4 Å². The molecule has 230 valence electrons. The van der Waals surface area contributed by atoms with E-state index in [9.17, 15) is 9.59 Å². The number of carbonyl (C=O) groups is 2. The quantitative estimate of drug-likeness (QED) is 0.394. The molecule has 3 fully saturated rings. The Balaban J connectivity index is 1.18. The Bertz CT molecular complexity index is 1200. The van der Waals surface area contributed by atoms with Crippen LogP contribution in [-0.4, -0.2) is 99.4 Å². The van der Waals surface area contributed by atoms with Gasteiger partial charge in [-0.05, 0) is 69.4 Å². The van der Waals surface area contributed by atoms with Crippen LogP contribution in [0.2, 0.25) is 0 Å². The van der Waals surface area contributed by atoms with E-state index in [0.29, 0.717) is 33.5 Å². The van der Waals surface area contributed by atoms with Crippen LogP contribution in [0.1, 0.15) is 66.7 Å². The molecule has 2 atom stereocenters. The van der Waals surface area contributed by atoms with Crippen molar-refractivity contribution in [1.29, 1.82) is 0 Å². The Labute approximate surface area is 253 Å². The topological polar surface area (TPSA) is 132 Å². The molecule has 2 saturated heterocycles. The van der Waals surface area contributed by atoms with E-state index in [2.05, 4.69) is 78.7 Å². The molecule has 0 radical (unpaired) electrons. The van der Waals surface area contributed by atoms with Gasteiger partial charge in [0.2, 0.25) is 22.1 Å². The molecule has 5 rings (SSSR count). The van der Waals surface area contributed by atoms with Crippen molar-refractivity contribution in [2.24, 2.45) is 11.3 Å². The van der Waals surface area contributed by atoms with E-state index < -0.39 is 0 Å². The summed E-state index contributed by atoms with van der Waals surface area (Å²) in [6, 6.07) is 4.19. The van der Waals surface area contributed by atoms with Crippen LogP contribution < -0.4 is 20.9 Å². The Hall–Kier alpha value is -2.90. The molecule has 2 amide bonds. The van der Waals surface area contributed by atoms with Crippen molar-refractivity contribution in [3.8, 4) is 0 Å². The maximum absolute atomic E-state index is 13.8. The van der Waals surface area contributed by atoms with Crippen LogP contribution in [0.25, 0.3) is 0 Å². The SMILES string of the molecule is CC(=O)Nc1ccc(N2CCC(Nc3nnc(NC(=O)[C@@H](C4CCC(C)(C)CC4)N4CCN(C(C)C)CC4)s3)C2)nn1. The molecule has 0 bridgehead atoms. The molecule has 1 saturated carbocycles. The molecule has 2 aromatic heterocycles. The predicted octanol–water partition coefficient (Wildman–Crippen LogP) is 3.53. The van der Waals surface area contributed by atoms with Crippen molar-refractivity contribution < 1.29 is 9.59 Å². The van der Waals surface area contributed by atoms with Crippen LogP contribution in [0.5, 0.6) is 0 Å². The van der Waals surface area contributed by atoms with E-state index in [4.69, 9.17) is 0 Å². The van der Waals surface area contributed by atoms with Crippen LogP contribution in [0.4, 0.5) is 21.9 Å². The zero-order chi connectivity index (χ0) is 29.9. The number of carbonyl (C=O) groups excluding carboxylic acids is 2. The lowest BCUT2D eigenvalue weighted by Crippen LogP contribution is -2.57. The van der Waals surface area contributed by atoms with Gasteiger partial charge in [0.1, 0.15) is 0 Å². The van der Waals surface area contributed by atoms with E-state index in [1.807, 2.05) is 6.07 Å². The van der Waals surface area contributed by atoms with Gasteiger partial charge >= 0.3 is 0 Å². The summed E-state index contributed by atoms with van der Waals surface area (Å²) < 4.78 is 0. The van der Waals surface area contributed by atoms with E-state index in [-0.39, 0.29) is 23.9 Å². The first-order chi connectivity index (χ1) is 20.1. The Morgan fingerprint density at radius 3 is 2.24 bits per heavy atom. The molecule has 42 heavy (non-hydrogen) atoms. The third-order valence-corrected chi connectivity index (χ3v) is 9.79. The summed E-state index contributed by atoms with van der Waals surface area (Å²) in [5, 5.41) is 27.5. The second-order valence-electron chi connectivity index (χ2n) is 13.0. The van der Waals surface area contributed by atoms with Crippen LogP contribution in [0.15, 0.2) is 12.1 Å². The molecule has 12 nitrogen and oxygen atoms in total. The van der Waals surface area contributed by atoms with Crippen molar-refractivity contribution in [2.75, 3.05) is 60.1 Å². The monoisotopic (exact) mass is 598 g/mol. The number of anilines is 4. The molecule has 4 heterocycles. The number of hydrogen-bond donors (Lipinski definition) is 3. The number of nitrogens with one attached hydrogen (secondary N) is 3. The summed E-state index contributed by atoms with van der Waals surface area (Å²) in [5.41, 5.74) is 0.353. The zero-order valence-electron chi connectivity index (χ0n) is 25.6. The van der Waals surface area contributed by atoms with Crippen molar-refractivity contribution >= 4 is 45.0 Å². The summed E-state index contributed by atoms with van der Waals surface area (Å²) in [5.74, 6) is 1.44. The largest absolute Gasteiger partial charge is 0.355 e. The van der Waals surface area contributed by atoms with Gasteiger partial charge in [0.15, 0.2) is 11.6 Å². The molecule has 0 spiro atoms. The second-order valence-corrected chi connectivity index (χ2v) is 14.0. The van der Waals surface area contributed by atoms with Gasteiger partial charge in [0.05, 0.1) is 6.04 Å². The minimum atomic E-state index is -0.173. The predicted molar refractivity (Wildman–Crippen MR) is 167 cm³/mol. The molecule has 3 N–H and O–H groups in total. The molecule has 2 aliphatic heterocycles. The fourth-order valence-electron chi connectivity index (χ4n) is 6.46. The van der Waals surface area contributed by atoms with Gasteiger partial charge in [-0.1, -0.05) is 25.2 Å². The summed E-state index contributed by atoms with van der Waals surface area (Å²) in [7, 11) is 0. The molecule has 2 aromatic rings. The average Bonchev–Trinajstić information content (AvgIpc) is 3.60. The molecular formula is C29H46N10O2S. The summed E-state index contributed by atoms with van der Waals surface area (Å²) in [6.45, 7) is 16.0. The van der Waals surface area contributed by atoms with Crippen LogP contribution in [0, 0.1) is 11.3 Å². The van der Waals surface area contributed by atoms with Gasteiger partial charge in [0, 0.05) is 58.3 Å². The number of amides is 2. The first-order valence-electron chi connectivity index (χ1n) is 15.3. The smallest absolute Gasteiger partial charge is 0.243 e. The third-order valence-electron chi connectivity index (χ3n) is 9.02.